The van der Waals surface area contributed by atoms with Crippen LogP contribution in [0.2, 0.25) is 0 Å². The summed E-state index contributed by atoms with van der Waals surface area (Å²) in [5.74, 6) is -1.14. The monoisotopic (exact) mass is 170 g/mol. The van der Waals surface area contributed by atoms with Gasteiger partial charge in [-0.25, -0.2) is 4.57 Å². The van der Waals surface area contributed by atoms with Gasteiger partial charge >= 0.3 is 5.95 Å². The van der Waals surface area contributed by atoms with Gasteiger partial charge in [-0.1, -0.05) is 4.98 Å². The maximum atomic E-state index is 10.6. The third-order valence-corrected chi connectivity index (χ3v) is 1.38. The number of nitrogens with two attached hydrogens (primary N) is 1. The van der Waals surface area contributed by atoms with Crippen LogP contribution in [0.5, 0.6) is 0 Å². The second kappa shape index (κ2) is 2.61. The lowest BCUT2D eigenvalue weighted by molar-refractivity contribution is -0.396. The van der Waals surface area contributed by atoms with Gasteiger partial charge in [0.15, 0.2) is 6.20 Å². The summed E-state index contributed by atoms with van der Waals surface area (Å²) in [6.07, 6.45) is 1.07. The van der Waals surface area contributed by atoms with Crippen molar-refractivity contribution >= 4 is 11.9 Å². The molecule has 0 aliphatic rings. The molecular weight excluding hydrogens is 164 g/mol. The maximum absolute atomic E-state index is 10.6. The van der Waals surface area contributed by atoms with E-state index in [2.05, 4.69) is 4.98 Å². The average molecular weight is 170 g/mol. The maximum Gasteiger partial charge on any atom is 0.434 e. The predicted molar refractivity (Wildman–Crippen MR) is 38.4 cm³/mol. The van der Waals surface area contributed by atoms with Crippen molar-refractivity contribution in [2.45, 2.75) is 0 Å². The van der Waals surface area contributed by atoms with E-state index in [0.717, 1.165) is 10.8 Å². The first kappa shape index (κ1) is 8.18. The van der Waals surface area contributed by atoms with Crippen molar-refractivity contribution in [1.29, 1.82) is 0 Å². The number of rotatable bonds is 2. The van der Waals surface area contributed by atoms with Crippen LogP contribution < -0.4 is 5.73 Å². The summed E-state index contributed by atoms with van der Waals surface area (Å²) < 4.78 is 1.03. The zero-order valence-corrected chi connectivity index (χ0v) is 6.22. The number of aromatic nitrogens is 2. The minimum absolute atomic E-state index is 0.0155. The van der Waals surface area contributed by atoms with Gasteiger partial charge in [-0.05, 0) is 4.92 Å². The molecule has 7 nitrogen and oxygen atoms in total. The van der Waals surface area contributed by atoms with Crippen molar-refractivity contribution in [2.75, 3.05) is 0 Å². The molecule has 0 saturated heterocycles. The molecule has 0 aliphatic heterocycles. The molecule has 0 unspecified atom stereocenters. The van der Waals surface area contributed by atoms with Crippen molar-refractivity contribution in [3.8, 4) is 0 Å². The summed E-state index contributed by atoms with van der Waals surface area (Å²) in [5.41, 5.74) is 4.92. The molecule has 0 atom stereocenters. The van der Waals surface area contributed by atoms with Crippen molar-refractivity contribution < 1.29 is 9.72 Å². The molecule has 0 saturated carbocycles. The SMILES string of the molecule is Cn1c(C(N)=O)cnc1[N+](=O)[O-]. The molecule has 0 fully saturated rings. The highest BCUT2D eigenvalue weighted by atomic mass is 16.6. The van der Waals surface area contributed by atoms with Crippen LogP contribution in [0.1, 0.15) is 10.5 Å². The predicted octanol–water partition coefficient (Wildman–Crippen LogP) is -0.573. The molecule has 1 heterocycles. The van der Waals surface area contributed by atoms with Gasteiger partial charge in [-0.3, -0.25) is 4.79 Å². The highest BCUT2D eigenvalue weighted by Gasteiger charge is 2.20. The Hall–Kier alpha value is -1.92. The van der Waals surface area contributed by atoms with Gasteiger partial charge in [0.1, 0.15) is 0 Å². The first-order chi connectivity index (χ1) is 5.54. The van der Waals surface area contributed by atoms with Crippen LogP contribution >= 0.6 is 0 Å². The van der Waals surface area contributed by atoms with Gasteiger partial charge in [0.25, 0.3) is 5.91 Å². The van der Waals surface area contributed by atoms with Crippen LogP contribution in [0, 0.1) is 10.1 Å². The largest absolute Gasteiger partial charge is 0.434 e. The molecule has 0 spiro atoms. The molecule has 0 aliphatic carbocycles. The Balaban J connectivity index is 3.22. The number of hydrogen-bond donors (Lipinski definition) is 1. The van der Waals surface area contributed by atoms with Gasteiger partial charge in [-0.2, -0.15) is 0 Å². The molecule has 1 amide bonds. The molecule has 1 rings (SSSR count). The molecule has 0 aromatic carbocycles. The molecular formula is C5H6N4O3. The van der Waals surface area contributed by atoms with E-state index in [4.69, 9.17) is 5.73 Å². The number of amides is 1. The second-order valence-electron chi connectivity index (χ2n) is 2.12. The van der Waals surface area contributed by atoms with Crippen molar-refractivity contribution in [3.05, 3.63) is 22.0 Å². The van der Waals surface area contributed by atoms with E-state index in [0.29, 0.717) is 0 Å². The van der Waals surface area contributed by atoms with Gasteiger partial charge in [0, 0.05) is 0 Å². The summed E-state index contributed by atoms with van der Waals surface area (Å²) in [4.78, 5) is 23.5. The normalized spacial score (nSPS) is 9.75. The fourth-order valence-electron chi connectivity index (χ4n) is 0.798. The number of carbonyl (C=O) groups excluding carboxylic acids is 1. The first-order valence-electron chi connectivity index (χ1n) is 3.00. The summed E-state index contributed by atoms with van der Waals surface area (Å²) in [6.45, 7) is 0. The Morgan fingerprint density at radius 3 is 2.67 bits per heavy atom. The van der Waals surface area contributed by atoms with Gasteiger partial charge < -0.3 is 15.8 Å². The molecule has 0 bridgehead atoms. The number of hydrogen-bond acceptors (Lipinski definition) is 4. The Morgan fingerprint density at radius 1 is 1.83 bits per heavy atom. The van der Waals surface area contributed by atoms with Crippen LogP contribution in [0.25, 0.3) is 0 Å². The van der Waals surface area contributed by atoms with Crippen LogP contribution in [0.15, 0.2) is 6.20 Å². The van der Waals surface area contributed by atoms with Crippen LogP contribution in [-0.4, -0.2) is 20.4 Å². The first-order valence-corrected chi connectivity index (χ1v) is 3.00. The van der Waals surface area contributed by atoms with E-state index in [9.17, 15) is 14.9 Å². The topological polar surface area (TPSA) is 104 Å². The van der Waals surface area contributed by atoms with E-state index in [-0.39, 0.29) is 5.69 Å². The number of carbonyl (C=O) groups is 1. The Bertz CT molecular complexity index is 311. The third kappa shape index (κ3) is 1.11. The van der Waals surface area contributed by atoms with E-state index >= 15 is 0 Å². The van der Waals surface area contributed by atoms with Gasteiger partial charge in [0.2, 0.25) is 5.69 Å². The van der Waals surface area contributed by atoms with Crippen molar-refractivity contribution in [1.82, 2.24) is 9.55 Å². The lowest BCUT2D eigenvalue weighted by Crippen LogP contribution is -2.15. The quantitative estimate of drug-likeness (QED) is 0.473. The minimum atomic E-state index is -0.738. The van der Waals surface area contributed by atoms with E-state index in [1.807, 2.05) is 0 Å². The zero-order chi connectivity index (χ0) is 9.30. The van der Waals surface area contributed by atoms with E-state index in [1.54, 1.807) is 0 Å². The van der Waals surface area contributed by atoms with Crippen molar-refractivity contribution in [3.63, 3.8) is 0 Å². The van der Waals surface area contributed by atoms with Crippen LogP contribution in [0.3, 0.4) is 0 Å². The Morgan fingerprint density at radius 2 is 2.42 bits per heavy atom. The fourth-order valence-corrected chi connectivity index (χ4v) is 0.798. The number of primary amides is 1. The fraction of sp³-hybridized carbons (Fsp3) is 0.200. The molecule has 0 radical (unpaired) electrons. The summed E-state index contributed by atoms with van der Waals surface area (Å²) in [7, 11) is 1.35. The lowest BCUT2D eigenvalue weighted by atomic mass is 10.4. The Kier molecular flexibility index (Phi) is 1.78. The smallest absolute Gasteiger partial charge is 0.390 e. The molecule has 64 valence electrons. The van der Waals surface area contributed by atoms with E-state index in [1.165, 1.54) is 7.05 Å². The molecule has 7 heteroatoms. The highest BCUT2D eigenvalue weighted by molar-refractivity contribution is 5.91. The Labute approximate surface area is 67.0 Å². The summed E-state index contributed by atoms with van der Waals surface area (Å²) in [5, 5.41) is 10.2. The second-order valence-corrected chi connectivity index (χ2v) is 2.12. The number of imidazole rings is 1. The lowest BCUT2D eigenvalue weighted by Gasteiger charge is -1.94. The standard InChI is InChI=1S/C5H6N4O3/c1-8-3(4(6)10)2-7-5(8)9(11)12/h2H,1H3,(H2,6,10). The van der Waals surface area contributed by atoms with Gasteiger partial charge in [0.05, 0.1) is 7.05 Å². The third-order valence-electron chi connectivity index (χ3n) is 1.38. The number of nitrogens with zero attached hydrogens (tertiary/aromatic N) is 3. The molecule has 1 aromatic heterocycles. The van der Waals surface area contributed by atoms with Crippen LogP contribution in [0.4, 0.5) is 5.95 Å². The minimum Gasteiger partial charge on any atom is -0.390 e. The summed E-state index contributed by atoms with van der Waals surface area (Å²) >= 11 is 0. The summed E-state index contributed by atoms with van der Waals surface area (Å²) in [6, 6.07) is 0. The molecule has 2 N–H and O–H groups in total. The molecule has 1 aromatic rings. The van der Waals surface area contributed by atoms with Gasteiger partial charge in [-0.15, -0.1) is 0 Å². The molecule has 12 heavy (non-hydrogen) atoms. The average Bonchev–Trinajstić information content (AvgIpc) is 2.30. The van der Waals surface area contributed by atoms with Crippen molar-refractivity contribution in [2.24, 2.45) is 12.8 Å². The van der Waals surface area contributed by atoms with Crippen LogP contribution in [-0.2, 0) is 7.05 Å². The zero-order valence-electron chi connectivity index (χ0n) is 6.22. The number of nitro groups is 1. The highest BCUT2D eigenvalue weighted by Crippen LogP contribution is 2.09. The van der Waals surface area contributed by atoms with E-state index < -0.39 is 16.8 Å².